The summed E-state index contributed by atoms with van der Waals surface area (Å²) in [6.07, 6.45) is 17.4. The fraction of sp³-hybridized carbons (Fsp3) is 0.0952. The lowest BCUT2D eigenvalue weighted by Crippen LogP contribution is -2.09. The minimum atomic E-state index is -0.666. The van der Waals surface area contributed by atoms with Gasteiger partial charge in [0.2, 0.25) is 0 Å². The highest BCUT2D eigenvalue weighted by Gasteiger charge is 2.24. The molecule has 1 N–H and O–H groups in total. The summed E-state index contributed by atoms with van der Waals surface area (Å²) in [6.45, 7) is 0. The van der Waals surface area contributed by atoms with Crippen LogP contribution in [0.25, 0.3) is 0 Å². The molecule has 4 rings (SSSR count). The number of benzene rings is 1. The van der Waals surface area contributed by atoms with Crippen LogP contribution in [0, 0.1) is 20.2 Å². The Hall–Kier alpha value is -4.07. The lowest BCUT2D eigenvalue weighted by Gasteiger charge is -2.10. The van der Waals surface area contributed by atoms with Crippen molar-refractivity contribution in [2.75, 3.05) is 5.43 Å². The number of fused-ring (bicyclic) bond motifs is 5. The molecule has 0 spiro atoms. The molecule has 144 valence electrons. The maximum Gasteiger partial charge on any atom is 0.301 e. The molecule has 4 bridgehead atoms. The van der Waals surface area contributed by atoms with E-state index in [4.69, 9.17) is 0 Å². The first kappa shape index (κ1) is 18.3. The van der Waals surface area contributed by atoms with E-state index in [0.717, 1.165) is 17.2 Å². The highest BCUT2D eigenvalue weighted by atomic mass is 16.6. The van der Waals surface area contributed by atoms with Crippen molar-refractivity contribution in [3.63, 3.8) is 0 Å². The first-order chi connectivity index (χ1) is 14.0. The lowest BCUT2D eigenvalue weighted by molar-refractivity contribution is -0.393. The second-order valence-electron chi connectivity index (χ2n) is 6.68. The SMILES string of the molecule is O=[N+]([O-])c1ccc(NN=C2C3=CC=CC=C(C3)C3=CC=CC=C2C3)c([N+](=O)[O-])c1. The molecule has 0 heterocycles. The third-order valence-corrected chi connectivity index (χ3v) is 4.87. The van der Waals surface area contributed by atoms with E-state index in [2.05, 4.69) is 22.7 Å². The van der Waals surface area contributed by atoms with Gasteiger partial charge in [-0.3, -0.25) is 25.7 Å². The van der Waals surface area contributed by atoms with Crippen LogP contribution in [0.5, 0.6) is 0 Å². The molecule has 1 fully saturated rings. The first-order valence-electron chi connectivity index (χ1n) is 8.93. The topological polar surface area (TPSA) is 111 Å². The number of nitrogens with one attached hydrogen (secondary N) is 1. The predicted molar refractivity (Wildman–Crippen MR) is 111 cm³/mol. The first-order valence-corrected chi connectivity index (χ1v) is 8.93. The molecule has 8 heteroatoms. The molecule has 1 saturated carbocycles. The van der Waals surface area contributed by atoms with Gasteiger partial charge in [-0.25, -0.2) is 0 Å². The van der Waals surface area contributed by atoms with Crippen molar-refractivity contribution in [1.29, 1.82) is 0 Å². The second-order valence-corrected chi connectivity index (χ2v) is 6.68. The van der Waals surface area contributed by atoms with Crippen LogP contribution in [-0.4, -0.2) is 15.6 Å². The average Bonchev–Trinajstić information content (AvgIpc) is 3.14. The molecular formula is C21H16N4O4. The van der Waals surface area contributed by atoms with E-state index in [9.17, 15) is 20.2 Å². The normalized spacial score (nSPS) is 17.0. The molecule has 0 amide bonds. The number of non-ortho nitro benzene ring substituents is 1. The number of hydrogen-bond donors (Lipinski definition) is 1. The highest BCUT2D eigenvalue weighted by Crippen LogP contribution is 2.36. The Morgan fingerprint density at radius 3 is 1.86 bits per heavy atom. The zero-order chi connectivity index (χ0) is 20.4. The smallest absolute Gasteiger partial charge is 0.271 e. The van der Waals surface area contributed by atoms with Crippen LogP contribution in [0.3, 0.4) is 0 Å². The van der Waals surface area contributed by atoms with Gasteiger partial charge in [0.25, 0.3) is 5.69 Å². The molecule has 0 unspecified atom stereocenters. The third kappa shape index (κ3) is 3.68. The molecule has 0 aliphatic heterocycles. The number of allylic oxidation sites excluding steroid dienone is 12. The zero-order valence-electron chi connectivity index (χ0n) is 15.2. The van der Waals surface area contributed by atoms with Crippen molar-refractivity contribution in [3.8, 4) is 0 Å². The van der Waals surface area contributed by atoms with Crippen LogP contribution in [0.4, 0.5) is 17.1 Å². The number of nitro groups is 2. The maximum atomic E-state index is 11.4. The molecular weight excluding hydrogens is 372 g/mol. The molecule has 0 saturated heterocycles. The van der Waals surface area contributed by atoms with Gasteiger partial charge in [0.05, 0.1) is 21.6 Å². The molecule has 1 aromatic carbocycles. The van der Waals surface area contributed by atoms with Gasteiger partial charge in [-0.15, -0.1) is 0 Å². The van der Waals surface area contributed by atoms with Crippen LogP contribution in [0.2, 0.25) is 0 Å². The summed E-state index contributed by atoms with van der Waals surface area (Å²) >= 11 is 0. The minimum absolute atomic E-state index is 0.0957. The molecule has 3 aliphatic carbocycles. The van der Waals surface area contributed by atoms with Gasteiger partial charge in [-0.05, 0) is 41.2 Å². The Kier molecular flexibility index (Phi) is 4.74. The Balaban J connectivity index is 1.76. The molecule has 8 nitrogen and oxygen atoms in total. The standard InChI is InChI=1S/C21H16N4O4/c26-24(27)18-9-10-19(20(13-18)25(28)29)22-23-21-16-7-3-1-5-14(11-16)15-6-2-4-8-17(21)12-15/h1-10,13,22H,11-12H2. The molecule has 29 heavy (non-hydrogen) atoms. The van der Waals surface area contributed by atoms with Gasteiger partial charge in [0, 0.05) is 6.07 Å². The fourth-order valence-electron chi connectivity index (χ4n) is 3.44. The Morgan fingerprint density at radius 2 is 1.34 bits per heavy atom. The van der Waals surface area contributed by atoms with Gasteiger partial charge in [0.1, 0.15) is 5.69 Å². The van der Waals surface area contributed by atoms with Crippen LogP contribution < -0.4 is 5.43 Å². The van der Waals surface area contributed by atoms with Crippen LogP contribution in [0.15, 0.2) is 94.2 Å². The highest BCUT2D eigenvalue weighted by molar-refractivity contribution is 6.14. The van der Waals surface area contributed by atoms with E-state index in [1.54, 1.807) is 0 Å². The molecule has 0 radical (unpaired) electrons. The third-order valence-electron chi connectivity index (χ3n) is 4.87. The summed E-state index contributed by atoms with van der Waals surface area (Å²) in [6, 6.07) is 3.45. The summed E-state index contributed by atoms with van der Waals surface area (Å²) in [4.78, 5) is 21.0. The Bertz CT molecular complexity index is 1090. The van der Waals surface area contributed by atoms with E-state index in [-0.39, 0.29) is 11.4 Å². The summed E-state index contributed by atoms with van der Waals surface area (Å²) in [5.41, 5.74) is 7.21. The molecule has 0 atom stereocenters. The number of hydrogen-bond acceptors (Lipinski definition) is 6. The number of anilines is 1. The Labute approximate surface area is 165 Å². The maximum absolute atomic E-state index is 11.4. The van der Waals surface area contributed by atoms with E-state index in [1.165, 1.54) is 23.3 Å². The predicted octanol–water partition coefficient (Wildman–Crippen LogP) is 4.91. The number of nitro benzene ring substituents is 2. The zero-order valence-corrected chi connectivity index (χ0v) is 15.2. The van der Waals surface area contributed by atoms with Crippen molar-refractivity contribution in [1.82, 2.24) is 0 Å². The number of nitrogens with zero attached hydrogens (tertiary/aromatic N) is 3. The van der Waals surface area contributed by atoms with Crippen molar-refractivity contribution in [2.24, 2.45) is 5.10 Å². The van der Waals surface area contributed by atoms with E-state index >= 15 is 0 Å². The number of hydrazone groups is 1. The van der Waals surface area contributed by atoms with Gasteiger partial charge >= 0.3 is 5.69 Å². The van der Waals surface area contributed by atoms with Gasteiger partial charge in [0.15, 0.2) is 0 Å². The van der Waals surface area contributed by atoms with Crippen molar-refractivity contribution >= 4 is 22.8 Å². The van der Waals surface area contributed by atoms with Crippen molar-refractivity contribution < 1.29 is 9.85 Å². The van der Waals surface area contributed by atoms with E-state index in [1.807, 2.05) is 36.5 Å². The van der Waals surface area contributed by atoms with Crippen LogP contribution in [0.1, 0.15) is 12.8 Å². The van der Waals surface area contributed by atoms with E-state index < -0.39 is 15.5 Å². The summed E-state index contributed by atoms with van der Waals surface area (Å²) in [5, 5.41) is 26.8. The van der Waals surface area contributed by atoms with Crippen LogP contribution >= 0.6 is 0 Å². The Morgan fingerprint density at radius 1 is 0.793 bits per heavy atom. The monoisotopic (exact) mass is 388 g/mol. The summed E-state index contributed by atoms with van der Waals surface area (Å²) < 4.78 is 0. The number of rotatable bonds is 4. The second kappa shape index (κ2) is 7.51. The fourth-order valence-corrected chi connectivity index (χ4v) is 3.44. The minimum Gasteiger partial charge on any atom is -0.271 e. The largest absolute Gasteiger partial charge is 0.301 e. The molecule has 0 aromatic heterocycles. The van der Waals surface area contributed by atoms with Crippen molar-refractivity contribution in [2.45, 2.75) is 12.8 Å². The van der Waals surface area contributed by atoms with Crippen molar-refractivity contribution in [3.05, 3.63) is 109 Å². The van der Waals surface area contributed by atoms with Gasteiger partial charge in [-0.1, -0.05) is 48.6 Å². The summed E-state index contributed by atoms with van der Waals surface area (Å²) in [7, 11) is 0. The summed E-state index contributed by atoms with van der Waals surface area (Å²) in [5.74, 6) is 0. The van der Waals surface area contributed by atoms with Gasteiger partial charge in [-0.2, -0.15) is 5.10 Å². The van der Waals surface area contributed by atoms with E-state index in [0.29, 0.717) is 18.6 Å². The molecule has 1 aromatic rings. The molecule has 3 aliphatic rings. The average molecular weight is 388 g/mol. The van der Waals surface area contributed by atoms with Crippen LogP contribution in [-0.2, 0) is 0 Å². The lowest BCUT2D eigenvalue weighted by atomic mass is 9.99. The quantitative estimate of drug-likeness (QED) is 0.582. The van der Waals surface area contributed by atoms with Gasteiger partial charge < -0.3 is 0 Å².